The molecule has 0 atom stereocenters. The van der Waals surface area contributed by atoms with Crippen molar-refractivity contribution in [3.05, 3.63) is 60.7 Å². The van der Waals surface area contributed by atoms with Crippen LogP contribution in [-0.2, 0) is 6.54 Å². The first-order valence-corrected chi connectivity index (χ1v) is 7.49. The molecule has 3 rings (SSSR count). The second-order valence-corrected chi connectivity index (χ2v) is 4.98. The number of imidazole rings is 1. The number of ether oxygens (including phenoxy) is 1. The molecular formula is C17H17N5O2. The highest BCUT2D eigenvalue weighted by molar-refractivity contribution is 5.96. The smallest absolute Gasteiger partial charge is 0.256 e. The maximum atomic E-state index is 12.2. The summed E-state index contributed by atoms with van der Waals surface area (Å²) in [5.74, 6) is 0.857. The number of carbonyl (C=O) groups excluding carboxylic acids is 1. The van der Waals surface area contributed by atoms with Gasteiger partial charge >= 0.3 is 0 Å². The molecule has 0 aliphatic carbocycles. The molecule has 0 spiro atoms. The van der Waals surface area contributed by atoms with Gasteiger partial charge in [-0.3, -0.25) is 9.78 Å². The second kappa shape index (κ2) is 7.36. The van der Waals surface area contributed by atoms with Crippen molar-refractivity contribution in [2.45, 2.75) is 6.54 Å². The maximum absolute atomic E-state index is 12.2. The molecule has 0 aromatic carbocycles. The molecule has 1 N–H and O–H groups in total. The van der Waals surface area contributed by atoms with E-state index in [4.69, 9.17) is 4.74 Å². The van der Waals surface area contributed by atoms with E-state index in [0.29, 0.717) is 24.5 Å². The third-order valence-electron chi connectivity index (χ3n) is 3.46. The van der Waals surface area contributed by atoms with Gasteiger partial charge in [0, 0.05) is 37.9 Å². The van der Waals surface area contributed by atoms with E-state index in [2.05, 4.69) is 20.3 Å². The fraction of sp³-hybridized carbons (Fsp3) is 0.176. The number of nitrogens with one attached hydrogen (secondary N) is 1. The Morgan fingerprint density at radius 3 is 2.79 bits per heavy atom. The summed E-state index contributed by atoms with van der Waals surface area (Å²) in [5.41, 5.74) is 1.21. The highest BCUT2D eigenvalue weighted by atomic mass is 16.5. The zero-order valence-electron chi connectivity index (χ0n) is 13.2. The van der Waals surface area contributed by atoms with Gasteiger partial charge in [-0.25, -0.2) is 9.97 Å². The molecule has 3 aromatic rings. The molecule has 7 nitrogen and oxygen atoms in total. The molecular weight excluding hydrogens is 306 g/mol. The Morgan fingerprint density at radius 1 is 1.12 bits per heavy atom. The van der Waals surface area contributed by atoms with Crippen LogP contribution in [0.2, 0.25) is 0 Å². The van der Waals surface area contributed by atoms with Gasteiger partial charge in [0.25, 0.3) is 5.91 Å². The average molecular weight is 323 g/mol. The Bertz CT molecular complexity index is 817. The molecule has 0 fully saturated rings. The first-order chi connectivity index (χ1) is 11.8. The number of hydrogen-bond acceptors (Lipinski definition) is 5. The fourth-order valence-electron chi connectivity index (χ4n) is 2.33. The molecule has 0 saturated carbocycles. The van der Waals surface area contributed by atoms with Crippen LogP contribution in [-0.4, -0.2) is 39.1 Å². The van der Waals surface area contributed by atoms with Crippen molar-refractivity contribution in [3.63, 3.8) is 0 Å². The van der Waals surface area contributed by atoms with Gasteiger partial charge in [0.1, 0.15) is 11.3 Å². The summed E-state index contributed by atoms with van der Waals surface area (Å²) in [6.07, 6.45) is 6.89. The van der Waals surface area contributed by atoms with Crippen LogP contribution < -0.4 is 10.1 Å². The predicted molar refractivity (Wildman–Crippen MR) is 88.6 cm³/mol. The van der Waals surface area contributed by atoms with Crippen molar-refractivity contribution in [2.75, 3.05) is 13.7 Å². The molecule has 0 bridgehead atoms. The standard InChI is InChI=1S/C17H17N5O2/c1-24-17-13(5-4-8-21-17)16(23)20-10-12-22-11-9-19-15(22)14-6-2-3-7-18-14/h2-9,11H,10,12H2,1H3,(H,20,23). The summed E-state index contributed by atoms with van der Waals surface area (Å²) in [5, 5.41) is 2.86. The van der Waals surface area contributed by atoms with E-state index in [1.165, 1.54) is 7.11 Å². The van der Waals surface area contributed by atoms with Crippen LogP contribution in [0, 0.1) is 0 Å². The summed E-state index contributed by atoms with van der Waals surface area (Å²) >= 11 is 0. The number of aromatic nitrogens is 4. The number of pyridine rings is 2. The van der Waals surface area contributed by atoms with Crippen LogP contribution in [0.3, 0.4) is 0 Å². The fourth-order valence-corrected chi connectivity index (χ4v) is 2.33. The molecule has 0 unspecified atom stereocenters. The largest absolute Gasteiger partial charge is 0.480 e. The molecule has 0 aliphatic heterocycles. The van der Waals surface area contributed by atoms with Crippen LogP contribution in [0.25, 0.3) is 11.5 Å². The Balaban J connectivity index is 1.64. The molecule has 24 heavy (non-hydrogen) atoms. The van der Waals surface area contributed by atoms with Gasteiger partial charge in [0.05, 0.1) is 7.11 Å². The number of rotatable bonds is 6. The van der Waals surface area contributed by atoms with Crippen molar-refractivity contribution in [3.8, 4) is 17.4 Å². The zero-order valence-corrected chi connectivity index (χ0v) is 13.2. The van der Waals surface area contributed by atoms with Gasteiger partial charge < -0.3 is 14.6 Å². The molecule has 0 aliphatic rings. The number of amides is 1. The van der Waals surface area contributed by atoms with E-state index in [9.17, 15) is 4.79 Å². The second-order valence-electron chi connectivity index (χ2n) is 4.98. The van der Waals surface area contributed by atoms with Gasteiger partial charge in [0.2, 0.25) is 5.88 Å². The summed E-state index contributed by atoms with van der Waals surface area (Å²) < 4.78 is 7.05. The highest BCUT2D eigenvalue weighted by Crippen LogP contribution is 2.14. The first kappa shape index (κ1) is 15.7. The van der Waals surface area contributed by atoms with Crippen LogP contribution in [0.15, 0.2) is 55.1 Å². The first-order valence-electron chi connectivity index (χ1n) is 7.49. The minimum atomic E-state index is -0.223. The molecule has 0 saturated heterocycles. The molecule has 3 aromatic heterocycles. The van der Waals surface area contributed by atoms with Gasteiger partial charge in [-0.05, 0) is 24.3 Å². The SMILES string of the molecule is COc1ncccc1C(=O)NCCn1ccnc1-c1ccccn1. The topological polar surface area (TPSA) is 81.9 Å². The van der Waals surface area contributed by atoms with E-state index in [1.54, 1.807) is 30.7 Å². The van der Waals surface area contributed by atoms with Crippen LogP contribution in [0.4, 0.5) is 0 Å². The van der Waals surface area contributed by atoms with Crippen molar-refractivity contribution in [1.29, 1.82) is 0 Å². The molecule has 122 valence electrons. The molecule has 3 heterocycles. The highest BCUT2D eigenvalue weighted by Gasteiger charge is 2.12. The number of carbonyl (C=O) groups is 1. The van der Waals surface area contributed by atoms with Gasteiger partial charge in [0.15, 0.2) is 5.82 Å². The monoisotopic (exact) mass is 323 g/mol. The van der Waals surface area contributed by atoms with E-state index in [0.717, 1.165) is 11.5 Å². The van der Waals surface area contributed by atoms with Gasteiger partial charge in [-0.2, -0.15) is 0 Å². The Kier molecular flexibility index (Phi) is 4.81. The minimum Gasteiger partial charge on any atom is -0.480 e. The summed E-state index contributed by atoms with van der Waals surface area (Å²) in [7, 11) is 1.49. The van der Waals surface area contributed by atoms with E-state index >= 15 is 0 Å². The third-order valence-corrected chi connectivity index (χ3v) is 3.46. The zero-order chi connectivity index (χ0) is 16.8. The van der Waals surface area contributed by atoms with Crippen LogP contribution >= 0.6 is 0 Å². The Hall–Kier alpha value is -3.22. The number of nitrogens with zero attached hydrogens (tertiary/aromatic N) is 4. The van der Waals surface area contributed by atoms with Crippen molar-refractivity contribution in [1.82, 2.24) is 24.8 Å². The molecule has 7 heteroatoms. The van der Waals surface area contributed by atoms with E-state index < -0.39 is 0 Å². The molecule has 0 radical (unpaired) electrons. The lowest BCUT2D eigenvalue weighted by Gasteiger charge is -2.10. The normalized spacial score (nSPS) is 10.4. The number of methoxy groups -OCH3 is 1. The molecule has 1 amide bonds. The van der Waals surface area contributed by atoms with Crippen LogP contribution in [0.5, 0.6) is 5.88 Å². The van der Waals surface area contributed by atoms with Crippen molar-refractivity contribution >= 4 is 5.91 Å². The summed E-state index contributed by atoms with van der Waals surface area (Å²) in [6, 6.07) is 9.05. The van der Waals surface area contributed by atoms with Gasteiger partial charge in [-0.1, -0.05) is 6.07 Å². The lowest BCUT2D eigenvalue weighted by molar-refractivity contribution is 0.0948. The van der Waals surface area contributed by atoms with Crippen molar-refractivity contribution < 1.29 is 9.53 Å². The van der Waals surface area contributed by atoms with Crippen LogP contribution in [0.1, 0.15) is 10.4 Å². The quantitative estimate of drug-likeness (QED) is 0.748. The lowest BCUT2D eigenvalue weighted by atomic mass is 10.2. The minimum absolute atomic E-state index is 0.223. The third kappa shape index (κ3) is 3.40. The summed E-state index contributed by atoms with van der Waals surface area (Å²) in [4.78, 5) is 24.9. The maximum Gasteiger partial charge on any atom is 0.256 e. The number of hydrogen-bond donors (Lipinski definition) is 1. The van der Waals surface area contributed by atoms with Crippen molar-refractivity contribution in [2.24, 2.45) is 0 Å². The predicted octanol–water partition coefficient (Wildman–Crippen LogP) is 1.78. The van der Waals surface area contributed by atoms with E-state index in [-0.39, 0.29) is 5.91 Å². The lowest BCUT2D eigenvalue weighted by Crippen LogP contribution is -2.27. The summed E-state index contributed by atoms with van der Waals surface area (Å²) in [6.45, 7) is 1.04. The Labute approximate surface area is 139 Å². The Morgan fingerprint density at radius 2 is 2.00 bits per heavy atom. The average Bonchev–Trinajstić information content (AvgIpc) is 3.11. The van der Waals surface area contributed by atoms with E-state index in [1.807, 2.05) is 29.0 Å². The van der Waals surface area contributed by atoms with Gasteiger partial charge in [-0.15, -0.1) is 0 Å².